The second-order valence-corrected chi connectivity index (χ2v) is 9.80. The minimum Gasteiger partial charge on any atom is -0.497 e. The molecule has 1 saturated heterocycles. The molecule has 1 heterocycles. The van der Waals surface area contributed by atoms with Gasteiger partial charge in [-0.25, -0.2) is 0 Å². The SMILES string of the molecule is COc1ccc(C(=O)CCCCCC(=O)N[C@H](CN2CCCC2)C(O)c2cc(OC)c(OC)c(OC)c2)cc1. The minimum atomic E-state index is -0.967. The zero-order chi connectivity index (χ0) is 28.2. The van der Waals surface area contributed by atoms with E-state index in [1.807, 2.05) is 0 Å². The van der Waals surface area contributed by atoms with Crippen LogP contribution in [0.4, 0.5) is 0 Å². The van der Waals surface area contributed by atoms with Crippen LogP contribution in [0.2, 0.25) is 0 Å². The van der Waals surface area contributed by atoms with Gasteiger partial charge in [0, 0.05) is 24.9 Å². The number of aliphatic hydroxyl groups excluding tert-OH is 1. The number of rotatable bonds is 16. The summed E-state index contributed by atoms with van der Waals surface area (Å²) in [5.41, 5.74) is 1.24. The van der Waals surface area contributed by atoms with Gasteiger partial charge in [-0.2, -0.15) is 0 Å². The van der Waals surface area contributed by atoms with Crippen molar-refractivity contribution in [3.05, 3.63) is 47.5 Å². The highest BCUT2D eigenvalue weighted by molar-refractivity contribution is 5.96. The molecule has 0 aliphatic carbocycles. The standard InChI is InChI=1S/C30H42N2O7/c1-36-23-14-12-21(13-15-23)25(33)10-6-5-7-11-28(34)31-24(20-32-16-8-9-17-32)29(35)22-18-26(37-2)30(39-4)27(19-22)38-3/h12-15,18-19,24,29,35H,5-11,16-17,20H2,1-4H3,(H,31,34)/t24-,29?/m1/s1. The van der Waals surface area contributed by atoms with Crippen molar-refractivity contribution in [2.45, 2.75) is 57.1 Å². The topological polar surface area (TPSA) is 107 Å². The molecule has 2 atom stereocenters. The Bertz CT molecular complexity index is 1040. The lowest BCUT2D eigenvalue weighted by molar-refractivity contribution is -0.123. The van der Waals surface area contributed by atoms with Crippen molar-refractivity contribution in [1.82, 2.24) is 10.2 Å². The first-order valence-corrected chi connectivity index (χ1v) is 13.6. The molecule has 0 saturated carbocycles. The van der Waals surface area contributed by atoms with Crippen molar-refractivity contribution < 1.29 is 33.6 Å². The highest BCUT2D eigenvalue weighted by Crippen LogP contribution is 2.40. The zero-order valence-corrected chi connectivity index (χ0v) is 23.5. The van der Waals surface area contributed by atoms with Crippen LogP contribution in [-0.2, 0) is 4.79 Å². The van der Waals surface area contributed by atoms with E-state index in [2.05, 4.69) is 10.2 Å². The zero-order valence-electron chi connectivity index (χ0n) is 23.5. The average molecular weight is 543 g/mol. The molecule has 214 valence electrons. The number of aliphatic hydroxyl groups is 1. The normalized spacial score (nSPS) is 14.9. The lowest BCUT2D eigenvalue weighted by Gasteiger charge is -2.29. The van der Waals surface area contributed by atoms with Gasteiger partial charge in [-0.05, 0) is 80.7 Å². The third-order valence-electron chi connectivity index (χ3n) is 7.13. The van der Waals surface area contributed by atoms with Crippen molar-refractivity contribution in [2.75, 3.05) is 48.1 Å². The van der Waals surface area contributed by atoms with E-state index in [9.17, 15) is 14.7 Å². The molecule has 0 spiro atoms. The number of carbonyl (C=O) groups is 2. The molecule has 9 heteroatoms. The Kier molecular flexibility index (Phi) is 11.9. The summed E-state index contributed by atoms with van der Waals surface area (Å²) in [5, 5.41) is 14.4. The molecule has 3 rings (SSSR count). The summed E-state index contributed by atoms with van der Waals surface area (Å²) in [4.78, 5) is 27.6. The molecule has 39 heavy (non-hydrogen) atoms. The fourth-order valence-electron chi connectivity index (χ4n) is 4.92. The molecular formula is C30H42N2O7. The summed E-state index contributed by atoms with van der Waals surface area (Å²) >= 11 is 0. The van der Waals surface area contributed by atoms with Crippen LogP contribution in [0.15, 0.2) is 36.4 Å². The van der Waals surface area contributed by atoms with Gasteiger partial charge in [0.15, 0.2) is 17.3 Å². The molecule has 1 fully saturated rings. The molecule has 0 bridgehead atoms. The predicted molar refractivity (Wildman–Crippen MR) is 149 cm³/mol. The maximum Gasteiger partial charge on any atom is 0.220 e. The minimum absolute atomic E-state index is 0.0845. The van der Waals surface area contributed by atoms with E-state index in [0.717, 1.165) is 38.1 Å². The Labute approximate surface area is 231 Å². The molecule has 1 aliphatic heterocycles. The first kappa shape index (κ1) is 30.2. The highest BCUT2D eigenvalue weighted by Gasteiger charge is 2.28. The summed E-state index contributed by atoms with van der Waals surface area (Å²) in [6.45, 7) is 2.42. The Hall–Kier alpha value is -3.30. The van der Waals surface area contributed by atoms with E-state index < -0.39 is 12.1 Å². The van der Waals surface area contributed by atoms with Crippen molar-refractivity contribution in [2.24, 2.45) is 0 Å². The lowest BCUT2D eigenvalue weighted by atomic mass is 10.00. The van der Waals surface area contributed by atoms with Crippen LogP contribution in [0.25, 0.3) is 0 Å². The Balaban J connectivity index is 1.56. The maximum atomic E-state index is 12.9. The molecule has 1 aliphatic rings. The van der Waals surface area contributed by atoms with Crippen molar-refractivity contribution in [3.8, 4) is 23.0 Å². The molecule has 9 nitrogen and oxygen atoms in total. The van der Waals surface area contributed by atoms with Crippen molar-refractivity contribution in [3.63, 3.8) is 0 Å². The van der Waals surface area contributed by atoms with Gasteiger partial charge in [0.1, 0.15) is 11.9 Å². The lowest BCUT2D eigenvalue weighted by Crippen LogP contribution is -2.46. The summed E-state index contributed by atoms with van der Waals surface area (Å²) in [7, 11) is 6.18. The molecule has 1 unspecified atom stereocenters. The number of methoxy groups -OCH3 is 4. The van der Waals surface area contributed by atoms with Crippen LogP contribution < -0.4 is 24.3 Å². The maximum absolute atomic E-state index is 12.9. The van der Waals surface area contributed by atoms with Crippen LogP contribution >= 0.6 is 0 Å². The second-order valence-electron chi connectivity index (χ2n) is 9.80. The molecule has 0 aromatic heterocycles. The van der Waals surface area contributed by atoms with E-state index in [-0.39, 0.29) is 11.7 Å². The van der Waals surface area contributed by atoms with Gasteiger partial charge in [-0.3, -0.25) is 9.59 Å². The van der Waals surface area contributed by atoms with E-state index in [4.69, 9.17) is 18.9 Å². The fourth-order valence-corrected chi connectivity index (χ4v) is 4.92. The van der Waals surface area contributed by atoms with Crippen LogP contribution in [0.5, 0.6) is 23.0 Å². The van der Waals surface area contributed by atoms with Gasteiger partial charge < -0.3 is 34.3 Å². The number of carbonyl (C=O) groups excluding carboxylic acids is 2. The smallest absolute Gasteiger partial charge is 0.220 e. The summed E-state index contributed by atoms with van der Waals surface area (Å²) < 4.78 is 21.4. The number of unbranched alkanes of at least 4 members (excludes halogenated alkanes) is 2. The highest BCUT2D eigenvalue weighted by atomic mass is 16.5. The van der Waals surface area contributed by atoms with Gasteiger partial charge in [0.05, 0.1) is 34.5 Å². The summed E-state index contributed by atoms with van der Waals surface area (Å²) in [6, 6.07) is 10.0. The Morgan fingerprint density at radius 1 is 0.872 bits per heavy atom. The quantitative estimate of drug-likeness (QED) is 0.241. The van der Waals surface area contributed by atoms with Crippen LogP contribution in [0.3, 0.4) is 0 Å². The molecular weight excluding hydrogens is 500 g/mol. The molecule has 2 N–H and O–H groups in total. The Morgan fingerprint density at radius 3 is 2.05 bits per heavy atom. The monoisotopic (exact) mass is 542 g/mol. The van der Waals surface area contributed by atoms with Crippen LogP contribution in [0, 0.1) is 0 Å². The molecule has 1 amide bonds. The van der Waals surface area contributed by atoms with Gasteiger partial charge in [-0.15, -0.1) is 0 Å². The first-order valence-electron chi connectivity index (χ1n) is 13.6. The van der Waals surface area contributed by atoms with Gasteiger partial charge in [0.25, 0.3) is 0 Å². The molecule has 2 aromatic carbocycles. The number of hydrogen-bond acceptors (Lipinski definition) is 8. The third kappa shape index (κ3) is 8.60. The van der Waals surface area contributed by atoms with E-state index >= 15 is 0 Å². The number of benzene rings is 2. The van der Waals surface area contributed by atoms with Crippen molar-refractivity contribution in [1.29, 1.82) is 0 Å². The number of ketones is 1. The summed E-state index contributed by atoms with van der Waals surface area (Å²) in [6.07, 6.45) is 4.15. The number of ether oxygens (including phenoxy) is 4. The van der Waals surface area contributed by atoms with Crippen molar-refractivity contribution >= 4 is 11.7 Å². The summed E-state index contributed by atoms with van der Waals surface area (Å²) in [5.74, 6) is 2.02. The van der Waals surface area contributed by atoms with E-state index in [1.165, 1.54) is 21.3 Å². The predicted octanol–water partition coefficient (Wildman–Crippen LogP) is 4.17. The Morgan fingerprint density at radius 2 is 1.49 bits per heavy atom. The number of nitrogens with one attached hydrogen (secondary N) is 1. The average Bonchev–Trinajstić information content (AvgIpc) is 3.48. The van der Waals surface area contributed by atoms with Crippen LogP contribution in [-0.4, -0.2) is 75.8 Å². The number of nitrogens with zero attached hydrogens (tertiary/aromatic N) is 1. The van der Waals surface area contributed by atoms with E-state index in [0.29, 0.717) is 60.6 Å². The molecule has 0 radical (unpaired) electrons. The number of Topliss-reactive ketones (excluding diaryl/α,β-unsaturated/α-hetero) is 1. The number of hydrogen-bond donors (Lipinski definition) is 2. The first-order chi connectivity index (χ1) is 18.9. The van der Waals surface area contributed by atoms with E-state index in [1.54, 1.807) is 43.5 Å². The van der Waals surface area contributed by atoms with Crippen LogP contribution in [0.1, 0.15) is 67.0 Å². The number of likely N-dealkylation sites (tertiary alicyclic amines) is 1. The number of amides is 1. The third-order valence-corrected chi connectivity index (χ3v) is 7.13. The molecule has 2 aromatic rings. The second kappa shape index (κ2) is 15.3. The fraction of sp³-hybridized carbons (Fsp3) is 0.533. The largest absolute Gasteiger partial charge is 0.497 e. The van der Waals surface area contributed by atoms with Gasteiger partial charge in [0.2, 0.25) is 11.7 Å². The van der Waals surface area contributed by atoms with Gasteiger partial charge >= 0.3 is 0 Å². The van der Waals surface area contributed by atoms with Gasteiger partial charge in [-0.1, -0.05) is 6.42 Å².